The third-order valence-electron chi connectivity index (χ3n) is 8.83. The molecule has 9 aromatic rings. The fourth-order valence-corrected chi connectivity index (χ4v) is 7.01. The SMILES string of the molecule is c1ccc(N(c2ccccc2)c2ccccc2-c2cccc3c4ccc5oc6ccccc6c5c4c4ccccc4c23)cc1. The summed E-state index contributed by atoms with van der Waals surface area (Å²) in [5.41, 5.74) is 7.62. The second-order valence-electron chi connectivity index (χ2n) is 11.3. The van der Waals surface area contributed by atoms with Gasteiger partial charge >= 0.3 is 0 Å². The van der Waals surface area contributed by atoms with Crippen LogP contribution in [-0.2, 0) is 0 Å². The van der Waals surface area contributed by atoms with Crippen molar-refractivity contribution in [2.45, 2.75) is 0 Å². The quantitative estimate of drug-likeness (QED) is 0.199. The van der Waals surface area contributed by atoms with Crippen LogP contribution in [0, 0.1) is 0 Å². The lowest BCUT2D eigenvalue weighted by Gasteiger charge is -2.28. The number of hydrogen-bond donors (Lipinski definition) is 0. The Morgan fingerprint density at radius 3 is 1.57 bits per heavy atom. The Bertz CT molecular complexity index is 2420. The van der Waals surface area contributed by atoms with Gasteiger partial charge in [0.05, 0.1) is 5.69 Å². The molecule has 0 atom stereocenters. The molecule has 9 rings (SSSR count). The van der Waals surface area contributed by atoms with Crippen molar-refractivity contribution in [1.29, 1.82) is 0 Å². The van der Waals surface area contributed by atoms with Gasteiger partial charge in [0.1, 0.15) is 11.2 Å². The van der Waals surface area contributed by atoms with Gasteiger partial charge in [-0.25, -0.2) is 0 Å². The van der Waals surface area contributed by atoms with Crippen LogP contribution < -0.4 is 4.90 Å². The second-order valence-corrected chi connectivity index (χ2v) is 11.3. The molecule has 0 aliphatic carbocycles. The van der Waals surface area contributed by atoms with Crippen molar-refractivity contribution < 1.29 is 4.42 Å². The highest BCUT2D eigenvalue weighted by Gasteiger charge is 2.21. The van der Waals surface area contributed by atoms with Gasteiger partial charge in [0.25, 0.3) is 0 Å². The van der Waals surface area contributed by atoms with Crippen molar-refractivity contribution in [3.05, 3.63) is 164 Å². The largest absolute Gasteiger partial charge is 0.456 e. The zero-order valence-electron chi connectivity index (χ0n) is 23.9. The van der Waals surface area contributed by atoms with Gasteiger partial charge in [0.2, 0.25) is 0 Å². The van der Waals surface area contributed by atoms with Crippen LogP contribution in [0.1, 0.15) is 0 Å². The van der Waals surface area contributed by atoms with Gasteiger partial charge in [0.15, 0.2) is 0 Å². The van der Waals surface area contributed by atoms with Crippen molar-refractivity contribution in [3.63, 3.8) is 0 Å². The minimum atomic E-state index is 0.920. The van der Waals surface area contributed by atoms with Crippen molar-refractivity contribution in [3.8, 4) is 11.1 Å². The molecule has 0 N–H and O–H groups in total. The minimum absolute atomic E-state index is 0.920. The molecule has 0 spiro atoms. The molecule has 0 saturated carbocycles. The number of fused-ring (bicyclic) bond motifs is 10. The summed E-state index contributed by atoms with van der Waals surface area (Å²) >= 11 is 0. The van der Waals surface area contributed by atoms with Crippen LogP contribution in [0.3, 0.4) is 0 Å². The molecule has 44 heavy (non-hydrogen) atoms. The van der Waals surface area contributed by atoms with Crippen LogP contribution in [0.4, 0.5) is 17.1 Å². The first-order valence-electron chi connectivity index (χ1n) is 15.0. The van der Waals surface area contributed by atoms with E-state index in [9.17, 15) is 0 Å². The monoisotopic (exact) mass is 561 g/mol. The van der Waals surface area contributed by atoms with Gasteiger partial charge in [-0.2, -0.15) is 0 Å². The van der Waals surface area contributed by atoms with Crippen LogP contribution in [0.2, 0.25) is 0 Å². The summed E-state index contributed by atoms with van der Waals surface area (Å²) < 4.78 is 6.34. The van der Waals surface area contributed by atoms with E-state index in [4.69, 9.17) is 4.42 Å². The lowest BCUT2D eigenvalue weighted by Crippen LogP contribution is -2.11. The number of nitrogens with zero attached hydrogens (tertiary/aromatic N) is 1. The van der Waals surface area contributed by atoms with E-state index in [1.807, 2.05) is 6.07 Å². The van der Waals surface area contributed by atoms with Crippen LogP contribution >= 0.6 is 0 Å². The van der Waals surface area contributed by atoms with Gasteiger partial charge < -0.3 is 9.32 Å². The molecule has 0 amide bonds. The summed E-state index contributed by atoms with van der Waals surface area (Å²) in [6.45, 7) is 0. The number of anilines is 3. The standard InChI is InChI=1S/C42H27NO/c1-3-14-28(15-4-1)43(29-16-5-2-6-17-29)37-24-11-9-18-30(37)31-22-13-23-33-35-26-27-39-42(36-21-10-12-25-38(36)44-39)41(35)34-20-8-7-19-32(34)40(31)33/h1-27H. The second kappa shape index (κ2) is 9.86. The van der Waals surface area contributed by atoms with E-state index in [1.54, 1.807) is 0 Å². The first-order valence-corrected chi connectivity index (χ1v) is 15.0. The fraction of sp³-hybridized carbons (Fsp3) is 0. The Morgan fingerprint density at radius 1 is 0.318 bits per heavy atom. The van der Waals surface area contributed by atoms with Gasteiger partial charge in [-0.05, 0) is 81.0 Å². The number of hydrogen-bond acceptors (Lipinski definition) is 2. The maximum Gasteiger partial charge on any atom is 0.136 e. The van der Waals surface area contributed by atoms with Crippen molar-refractivity contribution in [2.75, 3.05) is 4.90 Å². The first kappa shape index (κ1) is 24.7. The fourth-order valence-electron chi connectivity index (χ4n) is 7.01. The predicted octanol–water partition coefficient (Wildman–Crippen LogP) is 12.2. The molecular weight excluding hydrogens is 534 g/mol. The molecule has 0 fully saturated rings. The molecule has 0 radical (unpaired) electrons. The zero-order valence-corrected chi connectivity index (χ0v) is 23.9. The number of rotatable bonds is 4. The lowest BCUT2D eigenvalue weighted by molar-refractivity contribution is 0.669. The summed E-state index contributed by atoms with van der Waals surface area (Å²) in [4.78, 5) is 2.36. The molecule has 1 heterocycles. The summed E-state index contributed by atoms with van der Waals surface area (Å²) in [6, 6.07) is 58.4. The van der Waals surface area contributed by atoms with E-state index in [0.29, 0.717) is 0 Å². The van der Waals surface area contributed by atoms with E-state index in [-0.39, 0.29) is 0 Å². The average molecular weight is 562 g/mol. The predicted molar refractivity (Wildman–Crippen MR) is 186 cm³/mol. The third kappa shape index (κ3) is 3.68. The van der Waals surface area contributed by atoms with E-state index < -0.39 is 0 Å². The Hall–Kier alpha value is -5.86. The maximum absolute atomic E-state index is 6.34. The van der Waals surface area contributed by atoms with Crippen molar-refractivity contribution in [2.24, 2.45) is 0 Å². The third-order valence-corrected chi connectivity index (χ3v) is 8.83. The van der Waals surface area contributed by atoms with E-state index in [2.05, 4.69) is 163 Å². The maximum atomic E-state index is 6.34. The number of furan rings is 1. The number of para-hydroxylation sites is 4. The van der Waals surface area contributed by atoms with Crippen LogP contribution in [0.15, 0.2) is 168 Å². The molecule has 2 nitrogen and oxygen atoms in total. The van der Waals surface area contributed by atoms with Gasteiger partial charge in [-0.1, -0.05) is 115 Å². The summed E-state index contributed by atoms with van der Waals surface area (Å²) in [7, 11) is 0. The van der Waals surface area contributed by atoms with Crippen LogP contribution in [0.5, 0.6) is 0 Å². The highest BCUT2D eigenvalue weighted by molar-refractivity contribution is 6.36. The van der Waals surface area contributed by atoms with E-state index in [0.717, 1.165) is 33.6 Å². The Labute approximate surface area is 255 Å². The minimum Gasteiger partial charge on any atom is -0.456 e. The summed E-state index contributed by atoms with van der Waals surface area (Å²) in [5, 5.41) is 9.79. The smallest absolute Gasteiger partial charge is 0.136 e. The average Bonchev–Trinajstić information content (AvgIpc) is 3.48. The van der Waals surface area contributed by atoms with Gasteiger partial charge in [-0.3, -0.25) is 0 Å². The van der Waals surface area contributed by atoms with Gasteiger partial charge in [-0.15, -0.1) is 0 Å². The molecule has 8 aromatic carbocycles. The molecule has 0 aliphatic heterocycles. The highest BCUT2D eigenvalue weighted by atomic mass is 16.3. The number of benzene rings is 8. The van der Waals surface area contributed by atoms with Crippen LogP contribution in [0.25, 0.3) is 65.4 Å². The normalized spacial score (nSPS) is 11.6. The molecule has 2 heteroatoms. The molecule has 206 valence electrons. The lowest BCUT2D eigenvalue weighted by atomic mass is 9.87. The van der Waals surface area contributed by atoms with Gasteiger partial charge in [0, 0.05) is 33.1 Å². The topological polar surface area (TPSA) is 16.4 Å². The zero-order chi connectivity index (χ0) is 29.0. The van der Waals surface area contributed by atoms with Crippen LogP contribution in [-0.4, -0.2) is 0 Å². The van der Waals surface area contributed by atoms with Crippen molar-refractivity contribution >= 4 is 71.3 Å². The highest BCUT2D eigenvalue weighted by Crippen LogP contribution is 2.47. The van der Waals surface area contributed by atoms with E-state index in [1.165, 1.54) is 48.8 Å². The summed E-state index contributed by atoms with van der Waals surface area (Å²) in [5.74, 6) is 0. The Balaban J connectivity index is 1.40. The van der Waals surface area contributed by atoms with Crippen molar-refractivity contribution in [1.82, 2.24) is 0 Å². The Morgan fingerprint density at radius 2 is 0.841 bits per heavy atom. The molecule has 1 aromatic heterocycles. The van der Waals surface area contributed by atoms with E-state index >= 15 is 0 Å². The molecule has 0 bridgehead atoms. The summed E-state index contributed by atoms with van der Waals surface area (Å²) in [6.07, 6.45) is 0. The molecule has 0 saturated heterocycles. The molecular formula is C42H27NO. The molecule has 0 unspecified atom stereocenters. The molecule has 0 aliphatic rings. The Kier molecular flexibility index (Phi) is 5.54. The first-order chi connectivity index (χ1) is 21.9.